The molecule has 0 saturated carbocycles. The van der Waals surface area contributed by atoms with Crippen molar-refractivity contribution in [2.75, 3.05) is 5.75 Å². The number of hydrogen-bond donors (Lipinski definition) is 0. The molecule has 0 spiro atoms. The third-order valence-corrected chi connectivity index (χ3v) is 3.10. The summed E-state index contributed by atoms with van der Waals surface area (Å²) in [6, 6.07) is 3.43. The van der Waals surface area contributed by atoms with E-state index in [0.717, 1.165) is 0 Å². The van der Waals surface area contributed by atoms with Gasteiger partial charge >= 0.3 is 0 Å². The molecule has 1 heterocycles. The molecule has 0 aliphatic heterocycles. The van der Waals surface area contributed by atoms with Crippen molar-refractivity contribution in [2.24, 2.45) is 0 Å². The van der Waals surface area contributed by atoms with Gasteiger partial charge in [0.15, 0.2) is 4.90 Å². The van der Waals surface area contributed by atoms with Crippen molar-refractivity contribution in [3.63, 3.8) is 0 Å². The molecule has 0 N–H and O–H groups in total. The Hall–Kier alpha value is -0.580. The summed E-state index contributed by atoms with van der Waals surface area (Å²) in [4.78, 5) is 4.46. The highest BCUT2D eigenvalue weighted by Gasteiger charge is 2.25. The zero-order valence-electron chi connectivity index (χ0n) is 7.69. The van der Waals surface area contributed by atoms with Crippen LogP contribution in [0.4, 0.5) is 0 Å². The van der Waals surface area contributed by atoms with Crippen molar-refractivity contribution in [3.8, 4) is 0 Å². The van der Waals surface area contributed by atoms with Gasteiger partial charge in [-0.3, -0.25) is 4.98 Å². The lowest BCUT2D eigenvalue weighted by molar-refractivity contribution is 0.0249. The van der Waals surface area contributed by atoms with Crippen LogP contribution in [0.1, 0.15) is 13.8 Å². The highest BCUT2D eigenvalue weighted by atomic mass is 32.2. The van der Waals surface area contributed by atoms with E-state index in [2.05, 4.69) is 4.98 Å². The van der Waals surface area contributed by atoms with Gasteiger partial charge in [0.05, 0.1) is 6.20 Å². The van der Waals surface area contributed by atoms with E-state index in [1.165, 1.54) is 20.0 Å². The van der Waals surface area contributed by atoms with E-state index in [1.54, 1.807) is 18.3 Å². The molecule has 1 atom stereocenters. The van der Waals surface area contributed by atoms with E-state index in [1.807, 2.05) is 0 Å². The molecule has 0 aliphatic carbocycles. The van der Waals surface area contributed by atoms with Crippen LogP contribution >= 0.6 is 0 Å². The van der Waals surface area contributed by atoms with E-state index in [9.17, 15) is 9.66 Å². The second kappa shape index (κ2) is 4.09. The summed E-state index contributed by atoms with van der Waals surface area (Å²) in [6.45, 7) is 3.06. The second-order valence-corrected chi connectivity index (χ2v) is 4.89. The maximum absolute atomic E-state index is 11.5. The van der Waals surface area contributed by atoms with Crippen LogP contribution in [-0.4, -0.2) is 20.9 Å². The van der Waals surface area contributed by atoms with Gasteiger partial charge in [-0.05, 0) is 37.2 Å². The average Bonchev–Trinajstić information content (AvgIpc) is 2.03. The Kier molecular flexibility index (Phi) is 3.30. The number of aromatic nitrogens is 1. The minimum atomic E-state index is -1.23. The van der Waals surface area contributed by atoms with Crippen molar-refractivity contribution < 1.29 is 9.66 Å². The summed E-state index contributed by atoms with van der Waals surface area (Å²) in [5.41, 5.74) is -1.15. The molecule has 0 fully saturated rings. The third-order valence-electron chi connectivity index (χ3n) is 1.38. The van der Waals surface area contributed by atoms with E-state index < -0.39 is 16.8 Å². The molecular weight excluding hydrogens is 186 g/mol. The quantitative estimate of drug-likeness (QED) is 0.689. The molecule has 0 aliphatic rings. The molecule has 1 unspecified atom stereocenters. The standard InChI is InChI=1S/C9H12NO2S/c1-9(2,11)7-13(12)8-4-3-5-10-6-8/h3-6H,7H2,1-2H3. The van der Waals surface area contributed by atoms with Gasteiger partial charge < -0.3 is 4.55 Å². The fourth-order valence-electron chi connectivity index (χ4n) is 0.881. The Morgan fingerprint density at radius 3 is 2.77 bits per heavy atom. The summed E-state index contributed by atoms with van der Waals surface area (Å²) in [7, 11) is 0. The molecule has 1 radical (unpaired) electrons. The van der Waals surface area contributed by atoms with Gasteiger partial charge in [-0.2, -0.15) is 0 Å². The van der Waals surface area contributed by atoms with Crippen molar-refractivity contribution >= 4 is 11.2 Å². The van der Waals surface area contributed by atoms with Gasteiger partial charge in [-0.25, -0.2) is 5.11 Å². The van der Waals surface area contributed by atoms with Gasteiger partial charge in [-0.1, -0.05) is 0 Å². The van der Waals surface area contributed by atoms with Gasteiger partial charge in [0.2, 0.25) is 0 Å². The van der Waals surface area contributed by atoms with Gasteiger partial charge in [0, 0.05) is 6.20 Å². The molecule has 1 aromatic heterocycles. The van der Waals surface area contributed by atoms with Crippen LogP contribution in [0, 0.1) is 0 Å². The van der Waals surface area contributed by atoms with E-state index in [-0.39, 0.29) is 5.75 Å². The molecule has 3 nitrogen and oxygen atoms in total. The van der Waals surface area contributed by atoms with E-state index in [4.69, 9.17) is 0 Å². The normalized spacial score (nSPS) is 14.2. The van der Waals surface area contributed by atoms with Crippen LogP contribution in [0.2, 0.25) is 0 Å². The largest absolute Gasteiger partial charge is 0.611 e. The van der Waals surface area contributed by atoms with Gasteiger partial charge in [0.25, 0.3) is 0 Å². The molecule has 71 valence electrons. The number of nitrogens with zero attached hydrogens (tertiary/aromatic N) is 1. The molecule has 1 aromatic rings. The predicted octanol–water partition coefficient (Wildman–Crippen LogP) is 1.40. The first-order chi connectivity index (χ1) is 5.99. The van der Waals surface area contributed by atoms with E-state index >= 15 is 0 Å². The third kappa shape index (κ3) is 3.76. The predicted molar refractivity (Wildman–Crippen MR) is 50.3 cm³/mol. The Bertz CT molecular complexity index is 258. The summed E-state index contributed by atoms with van der Waals surface area (Å²) >= 11 is -1.23. The fourth-order valence-corrected chi connectivity index (χ4v) is 2.09. The average molecular weight is 198 g/mol. The zero-order chi connectivity index (χ0) is 9.90. The Morgan fingerprint density at radius 1 is 1.62 bits per heavy atom. The molecule has 1 rings (SSSR count). The lowest BCUT2D eigenvalue weighted by Gasteiger charge is -2.16. The highest BCUT2D eigenvalue weighted by molar-refractivity contribution is 7.91. The zero-order valence-corrected chi connectivity index (χ0v) is 8.50. The Morgan fingerprint density at radius 2 is 2.31 bits per heavy atom. The first kappa shape index (κ1) is 10.5. The van der Waals surface area contributed by atoms with Gasteiger partial charge in [0.1, 0.15) is 11.4 Å². The monoisotopic (exact) mass is 198 g/mol. The fraction of sp³-hybridized carbons (Fsp3) is 0.444. The van der Waals surface area contributed by atoms with Crippen molar-refractivity contribution in [1.82, 2.24) is 4.98 Å². The summed E-state index contributed by atoms with van der Waals surface area (Å²) in [5, 5.41) is 11.3. The SMILES string of the molecule is CC(C)([O])C[S+]([O-])c1cccnc1. The summed E-state index contributed by atoms with van der Waals surface area (Å²) in [5.74, 6) is 0.124. The minimum Gasteiger partial charge on any atom is -0.611 e. The second-order valence-electron chi connectivity index (χ2n) is 3.44. The maximum atomic E-state index is 11.5. The summed E-state index contributed by atoms with van der Waals surface area (Å²) < 4.78 is 11.5. The van der Waals surface area contributed by atoms with Crippen molar-refractivity contribution in [3.05, 3.63) is 24.5 Å². The van der Waals surface area contributed by atoms with Crippen molar-refractivity contribution in [1.29, 1.82) is 0 Å². The van der Waals surface area contributed by atoms with Crippen LogP contribution < -0.4 is 0 Å². The van der Waals surface area contributed by atoms with Crippen LogP contribution in [0.5, 0.6) is 0 Å². The van der Waals surface area contributed by atoms with Crippen LogP contribution in [0.15, 0.2) is 29.4 Å². The molecule has 0 saturated heterocycles. The molecule has 13 heavy (non-hydrogen) atoms. The molecule has 0 aromatic carbocycles. The van der Waals surface area contributed by atoms with E-state index in [0.29, 0.717) is 4.90 Å². The van der Waals surface area contributed by atoms with Crippen molar-refractivity contribution in [2.45, 2.75) is 24.3 Å². The van der Waals surface area contributed by atoms with Crippen LogP contribution in [0.3, 0.4) is 0 Å². The highest BCUT2D eigenvalue weighted by Crippen LogP contribution is 2.15. The molecule has 0 amide bonds. The molecule has 4 heteroatoms. The number of rotatable bonds is 3. The minimum absolute atomic E-state index is 0.124. The Balaban J connectivity index is 2.64. The first-order valence-electron chi connectivity index (χ1n) is 3.98. The first-order valence-corrected chi connectivity index (χ1v) is 5.30. The van der Waals surface area contributed by atoms with Crippen LogP contribution in [0.25, 0.3) is 0 Å². The smallest absolute Gasteiger partial charge is 0.171 e. The Labute approximate surface area is 81.0 Å². The molecule has 0 bridgehead atoms. The molecular formula is C9H12NO2S. The number of hydrogen-bond acceptors (Lipinski definition) is 2. The number of pyridine rings is 1. The summed E-state index contributed by atoms with van der Waals surface area (Å²) in [6.07, 6.45) is 3.14. The lowest BCUT2D eigenvalue weighted by atomic mass is 10.2. The van der Waals surface area contributed by atoms with Gasteiger partial charge in [-0.15, -0.1) is 0 Å². The lowest BCUT2D eigenvalue weighted by Crippen LogP contribution is -2.28. The topological polar surface area (TPSA) is 55.8 Å². The van der Waals surface area contributed by atoms with Crippen LogP contribution in [-0.2, 0) is 16.3 Å². The maximum Gasteiger partial charge on any atom is 0.171 e.